The largest absolute Gasteiger partial charge is 1.00 e. The van der Waals surface area contributed by atoms with Gasteiger partial charge >= 0.3 is 11.6 Å². The highest BCUT2D eigenvalue weighted by molar-refractivity contribution is 5.78. The predicted octanol–water partition coefficient (Wildman–Crippen LogP) is 0.163. The Morgan fingerprint density at radius 1 is 1.21 bits per heavy atom. The lowest BCUT2D eigenvalue weighted by atomic mass is 10.1. The monoisotopic (exact) mass is 344 g/mol. The molecule has 0 saturated carbocycles. The molecule has 0 atom stereocenters. The molecule has 1 aromatic carbocycles. The van der Waals surface area contributed by atoms with E-state index in [1.54, 1.807) is 23.9 Å². The maximum Gasteiger partial charge on any atom is 0.314 e. The fourth-order valence-electron chi connectivity index (χ4n) is 2.70. The van der Waals surface area contributed by atoms with Crippen LogP contribution in [0, 0.1) is 0 Å². The van der Waals surface area contributed by atoms with E-state index in [9.17, 15) is 4.79 Å². The lowest BCUT2D eigenvalue weighted by molar-refractivity contribution is -0.532. The highest BCUT2D eigenvalue weighted by atomic mass is 35.5. The molecule has 5 nitrogen and oxygen atoms in total. The van der Waals surface area contributed by atoms with Crippen LogP contribution in [0.3, 0.4) is 0 Å². The Morgan fingerprint density at radius 3 is 2.46 bits per heavy atom. The number of anilines is 1. The number of carbonyl (C=O) groups excluding carboxylic acids is 1. The normalized spacial score (nSPS) is 11.2. The third-order valence-corrected chi connectivity index (χ3v) is 3.51. The second-order valence-corrected chi connectivity index (χ2v) is 6.60. The molecule has 0 saturated heterocycles. The van der Waals surface area contributed by atoms with Gasteiger partial charge in [0.05, 0.1) is 6.20 Å². The molecule has 0 fully saturated rings. The summed E-state index contributed by atoms with van der Waals surface area (Å²) in [5.74, 6) is 0.840. The maximum atomic E-state index is 12.3. The molecule has 0 aliphatic carbocycles. The number of benzene rings is 1. The first kappa shape index (κ1) is 17.9. The molecule has 0 aliphatic rings. The Kier molecular flexibility index (Phi) is 4.94. The van der Waals surface area contributed by atoms with Gasteiger partial charge in [-0.25, -0.2) is 4.79 Å². The van der Waals surface area contributed by atoms with Crippen molar-refractivity contribution in [1.29, 1.82) is 0 Å². The van der Waals surface area contributed by atoms with Crippen molar-refractivity contribution in [3.63, 3.8) is 0 Å². The van der Waals surface area contributed by atoms with Crippen molar-refractivity contribution in [3.8, 4) is 11.3 Å². The molecule has 0 bridgehead atoms. The zero-order valence-corrected chi connectivity index (χ0v) is 15.0. The summed E-state index contributed by atoms with van der Waals surface area (Å²) in [7, 11) is 0. The van der Waals surface area contributed by atoms with E-state index in [0.29, 0.717) is 0 Å². The molecule has 0 unspecified atom stereocenters. The molecular formula is C18H21ClN4O. The van der Waals surface area contributed by atoms with Crippen LogP contribution in [0.4, 0.5) is 5.82 Å². The minimum atomic E-state index is -0.143. The fourth-order valence-corrected chi connectivity index (χ4v) is 2.70. The van der Waals surface area contributed by atoms with Gasteiger partial charge in [0.25, 0.3) is 0 Å². The van der Waals surface area contributed by atoms with Crippen LogP contribution < -0.4 is 22.3 Å². The van der Waals surface area contributed by atoms with Crippen molar-refractivity contribution in [1.82, 2.24) is 9.38 Å². The molecular weight excluding hydrogens is 324 g/mol. The van der Waals surface area contributed by atoms with Crippen molar-refractivity contribution in [2.75, 3.05) is 5.32 Å². The zero-order chi connectivity index (χ0) is 16.6. The first-order valence-corrected chi connectivity index (χ1v) is 7.63. The summed E-state index contributed by atoms with van der Waals surface area (Å²) in [5, 5.41) is 3.53. The van der Waals surface area contributed by atoms with Gasteiger partial charge in [-0.1, -0.05) is 30.3 Å². The Balaban J connectivity index is 0.00000208. The molecule has 126 valence electrons. The van der Waals surface area contributed by atoms with Crippen molar-refractivity contribution in [2.24, 2.45) is 0 Å². The van der Waals surface area contributed by atoms with Crippen LogP contribution in [-0.4, -0.2) is 20.8 Å². The van der Waals surface area contributed by atoms with Crippen LogP contribution in [0.2, 0.25) is 0 Å². The SMILES string of the molecule is CC(=O)[n+]1c(-c2ccccc2)c(NC(C)(C)C)n2ccncc21.[Cl-]. The molecule has 0 spiro atoms. The summed E-state index contributed by atoms with van der Waals surface area (Å²) in [6.07, 6.45) is 5.30. The molecule has 3 aromatic rings. The Labute approximate surface area is 147 Å². The van der Waals surface area contributed by atoms with Gasteiger partial charge in [-0.05, 0) is 20.8 Å². The summed E-state index contributed by atoms with van der Waals surface area (Å²) < 4.78 is 3.68. The number of hydrogen-bond donors (Lipinski definition) is 1. The third kappa shape index (κ3) is 3.26. The quantitative estimate of drug-likeness (QED) is 0.674. The average molecular weight is 345 g/mol. The van der Waals surface area contributed by atoms with Gasteiger partial charge in [0, 0.05) is 18.0 Å². The fraction of sp³-hybridized carbons (Fsp3) is 0.278. The van der Waals surface area contributed by atoms with Crippen LogP contribution >= 0.6 is 0 Å². The topological polar surface area (TPSA) is 50.3 Å². The van der Waals surface area contributed by atoms with Gasteiger partial charge < -0.3 is 17.7 Å². The van der Waals surface area contributed by atoms with Crippen LogP contribution in [0.15, 0.2) is 48.9 Å². The highest BCUT2D eigenvalue weighted by Crippen LogP contribution is 2.29. The summed E-state index contributed by atoms with van der Waals surface area (Å²) in [6, 6.07) is 9.93. The van der Waals surface area contributed by atoms with E-state index in [1.807, 2.05) is 40.9 Å². The van der Waals surface area contributed by atoms with E-state index in [-0.39, 0.29) is 23.9 Å². The Bertz CT molecular complexity index is 866. The smallest absolute Gasteiger partial charge is 0.314 e. The molecule has 0 amide bonds. The number of nitrogens with zero attached hydrogens (tertiary/aromatic N) is 3. The molecule has 2 heterocycles. The number of rotatable bonds is 2. The van der Waals surface area contributed by atoms with Gasteiger partial charge in [-0.3, -0.25) is 4.98 Å². The molecule has 6 heteroatoms. The average Bonchev–Trinajstić information content (AvgIpc) is 2.81. The zero-order valence-electron chi connectivity index (χ0n) is 14.2. The van der Waals surface area contributed by atoms with E-state index in [4.69, 9.17) is 0 Å². The molecule has 2 aromatic heterocycles. The molecule has 0 aliphatic heterocycles. The maximum absolute atomic E-state index is 12.3. The molecule has 3 rings (SSSR count). The van der Waals surface area contributed by atoms with Crippen molar-refractivity contribution < 1.29 is 21.8 Å². The second kappa shape index (κ2) is 6.61. The van der Waals surface area contributed by atoms with Gasteiger partial charge in [-0.15, -0.1) is 0 Å². The Hall–Kier alpha value is -2.40. The molecule has 1 N–H and O–H groups in total. The van der Waals surface area contributed by atoms with Crippen molar-refractivity contribution >= 4 is 17.4 Å². The summed E-state index contributed by atoms with van der Waals surface area (Å²) in [4.78, 5) is 16.5. The molecule has 0 radical (unpaired) electrons. The first-order chi connectivity index (χ1) is 10.9. The minimum Gasteiger partial charge on any atom is -1.00 e. The summed E-state index contributed by atoms with van der Waals surface area (Å²) >= 11 is 0. The number of aromatic nitrogens is 3. The van der Waals surface area contributed by atoms with E-state index < -0.39 is 0 Å². The van der Waals surface area contributed by atoms with Crippen LogP contribution in [0.25, 0.3) is 16.9 Å². The standard InChI is InChI=1S/C18H21N4O.ClH/c1-13(23)22-15-12-19-10-11-21(15)17(20-18(2,3)4)16(22)14-8-6-5-7-9-14;/h5-12,20H,1-4H3;1H/q+1;/p-1. The van der Waals surface area contributed by atoms with Crippen LogP contribution in [0.1, 0.15) is 32.5 Å². The van der Waals surface area contributed by atoms with Crippen molar-refractivity contribution in [3.05, 3.63) is 48.9 Å². The number of halogens is 1. The molecule has 24 heavy (non-hydrogen) atoms. The van der Waals surface area contributed by atoms with Crippen molar-refractivity contribution in [2.45, 2.75) is 33.2 Å². The van der Waals surface area contributed by atoms with E-state index in [2.05, 4.69) is 31.1 Å². The minimum absolute atomic E-state index is 0. The number of imidazole rings is 1. The lowest BCUT2D eigenvalue weighted by Gasteiger charge is -2.20. The van der Waals surface area contributed by atoms with Gasteiger partial charge in [0.1, 0.15) is 12.4 Å². The first-order valence-electron chi connectivity index (χ1n) is 7.63. The predicted molar refractivity (Wildman–Crippen MR) is 90.5 cm³/mol. The number of fused-ring (bicyclic) bond motifs is 1. The van der Waals surface area contributed by atoms with Crippen LogP contribution in [0.5, 0.6) is 0 Å². The van der Waals surface area contributed by atoms with E-state index >= 15 is 0 Å². The van der Waals surface area contributed by atoms with E-state index in [0.717, 1.165) is 22.7 Å². The van der Waals surface area contributed by atoms with Gasteiger partial charge in [0.15, 0.2) is 0 Å². The highest BCUT2D eigenvalue weighted by Gasteiger charge is 2.31. The number of nitrogens with one attached hydrogen (secondary N) is 1. The van der Waals surface area contributed by atoms with Gasteiger partial charge in [0.2, 0.25) is 11.5 Å². The third-order valence-electron chi connectivity index (χ3n) is 3.51. The summed E-state index contributed by atoms with van der Waals surface area (Å²) in [5.41, 5.74) is 2.43. The number of carbonyl (C=O) groups is 1. The number of hydrogen-bond acceptors (Lipinski definition) is 3. The Morgan fingerprint density at radius 2 is 1.88 bits per heavy atom. The second-order valence-electron chi connectivity index (χ2n) is 6.60. The van der Waals surface area contributed by atoms with Gasteiger partial charge in [-0.2, -0.15) is 8.97 Å². The van der Waals surface area contributed by atoms with Crippen LogP contribution in [-0.2, 0) is 0 Å². The summed E-state index contributed by atoms with van der Waals surface area (Å²) in [6.45, 7) is 7.86. The lowest BCUT2D eigenvalue weighted by Crippen LogP contribution is -3.00. The van der Waals surface area contributed by atoms with E-state index in [1.165, 1.54) is 0 Å².